The fourth-order valence-electron chi connectivity index (χ4n) is 2.82. The lowest BCUT2D eigenvalue weighted by Gasteiger charge is -2.25. The lowest BCUT2D eigenvalue weighted by atomic mass is 9.98. The van der Waals surface area contributed by atoms with E-state index in [0.717, 1.165) is 22.6 Å². The molecule has 0 aromatic carbocycles. The van der Waals surface area contributed by atoms with Crippen molar-refractivity contribution in [2.45, 2.75) is 32.4 Å². The van der Waals surface area contributed by atoms with Crippen molar-refractivity contribution in [3.63, 3.8) is 0 Å². The molecule has 0 fully saturated rings. The number of rotatable bonds is 6. The van der Waals surface area contributed by atoms with Crippen LogP contribution in [-0.4, -0.2) is 36.2 Å². The van der Waals surface area contributed by atoms with E-state index in [1.165, 1.54) is 0 Å². The summed E-state index contributed by atoms with van der Waals surface area (Å²) in [7, 11) is 1.84. The fourth-order valence-corrected chi connectivity index (χ4v) is 2.82. The highest BCUT2D eigenvalue weighted by molar-refractivity contribution is 5.29. The van der Waals surface area contributed by atoms with E-state index in [4.69, 9.17) is 0 Å². The topological polar surface area (TPSA) is 80.8 Å². The summed E-state index contributed by atoms with van der Waals surface area (Å²) < 4.78 is 3.51. The zero-order valence-corrected chi connectivity index (χ0v) is 15.0. The van der Waals surface area contributed by atoms with Gasteiger partial charge in [-0.1, -0.05) is 6.07 Å². The molecule has 0 saturated carbocycles. The molecule has 7 nitrogen and oxygen atoms in total. The Kier molecular flexibility index (Phi) is 4.69. The van der Waals surface area contributed by atoms with Crippen LogP contribution >= 0.6 is 0 Å². The van der Waals surface area contributed by atoms with Gasteiger partial charge in [0.15, 0.2) is 5.82 Å². The summed E-state index contributed by atoms with van der Waals surface area (Å²) >= 11 is 0. The molecule has 132 valence electrons. The number of pyridine rings is 1. The first-order chi connectivity index (χ1) is 11.9. The third-order valence-corrected chi connectivity index (χ3v) is 4.46. The van der Waals surface area contributed by atoms with Crippen molar-refractivity contribution in [3.05, 3.63) is 59.8 Å². The average molecular weight is 340 g/mol. The molecule has 0 bridgehead atoms. The van der Waals surface area contributed by atoms with Crippen molar-refractivity contribution >= 4 is 0 Å². The van der Waals surface area contributed by atoms with E-state index >= 15 is 0 Å². The van der Waals surface area contributed by atoms with Gasteiger partial charge in [0.1, 0.15) is 5.60 Å². The van der Waals surface area contributed by atoms with Crippen LogP contribution in [0.5, 0.6) is 0 Å². The number of aromatic nitrogens is 5. The summed E-state index contributed by atoms with van der Waals surface area (Å²) in [6.45, 7) is 6.28. The molecule has 7 heteroatoms. The molecule has 2 unspecified atom stereocenters. The lowest BCUT2D eigenvalue weighted by molar-refractivity contribution is 0.0542. The highest BCUT2D eigenvalue weighted by Crippen LogP contribution is 2.23. The van der Waals surface area contributed by atoms with Gasteiger partial charge in [0, 0.05) is 48.8 Å². The molecular formula is C18H24N6O. The van der Waals surface area contributed by atoms with Crippen molar-refractivity contribution in [3.8, 4) is 5.82 Å². The van der Waals surface area contributed by atoms with E-state index in [-0.39, 0.29) is 6.04 Å². The first-order valence-electron chi connectivity index (χ1n) is 8.29. The predicted molar refractivity (Wildman–Crippen MR) is 95.3 cm³/mol. The Morgan fingerprint density at radius 2 is 2.08 bits per heavy atom. The molecular weight excluding hydrogens is 316 g/mol. The maximum atomic E-state index is 10.7. The van der Waals surface area contributed by atoms with Crippen molar-refractivity contribution in [1.82, 2.24) is 29.9 Å². The minimum absolute atomic E-state index is 0.0422. The normalized spacial score (nSPS) is 15.1. The largest absolute Gasteiger partial charge is 0.384 e. The van der Waals surface area contributed by atoms with Crippen LogP contribution < -0.4 is 5.32 Å². The van der Waals surface area contributed by atoms with E-state index in [2.05, 4.69) is 27.4 Å². The molecule has 3 heterocycles. The predicted octanol–water partition coefficient (Wildman–Crippen LogP) is 1.87. The summed E-state index contributed by atoms with van der Waals surface area (Å²) in [6, 6.07) is 5.79. The van der Waals surface area contributed by atoms with Gasteiger partial charge in [-0.25, -0.2) is 9.67 Å². The van der Waals surface area contributed by atoms with E-state index in [0.29, 0.717) is 6.54 Å². The molecule has 3 aromatic heterocycles. The fraction of sp³-hybridized carbons (Fsp3) is 0.389. The van der Waals surface area contributed by atoms with Crippen LogP contribution in [0.2, 0.25) is 0 Å². The standard InChI is InChI=1S/C18H24N6O/c1-13(20-12-18(3,25)15-9-21-23(4)11-15)16-10-22-24(14(16)2)17-7-5-6-8-19-17/h5-11,13,20,25H,12H2,1-4H3. The molecule has 0 aliphatic heterocycles. The first-order valence-corrected chi connectivity index (χ1v) is 8.29. The third-order valence-electron chi connectivity index (χ3n) is 4.46. The van der Waals surface area contributed by atoms with E-state index < -0.39 is 5.60 Å². The molecule has 25 heavy (non-hydrogen) atoms. The van der Waals surface area contributed by atoms with Gasteiger partial charge in [0.2, 0.25) is 0 Å². The minimum Gasteiger partial charge on any atom is -0.384 e. The van der Waals surface area contributed by atoms with Gasteiger partial charge in [0.05, 0.1) is 12.4 Å². The van der Waals surface area contributed by atoms with Crippen LogP contribution in [0.4, 0.5) is 0 Å². The van der Waals surface area contributed by atoms with Gasteiger partial charge in [-0.05, 0) is 32.9 Å². The Morgan fingerprint density at radius 1 is 1.28 bits per heavy atom. The highest BCUT2D eigenvalue weighted by atomic mass is 16.3. The van der Waals surface area contributed by atoms with Gasteiger partial charge in [-0.3, -0.25) is 4.68 Å². The second-order valence-corrected chi connectivity index (χ2v) is 6.56. The van der Waals surface area contributed by atoms with Crippen molar-refractivity contribution in [2.24, 2.45) is 7.05 Å². The quantitative estimate of drug-likeness (QED) is 0.716. The summed E-state index contributed by atoms with van der Waals surface area (Å²) in [5, 5.41) is 22.7. The maximum Gasteiger partial charge on any atom is 0.153 e. The number of nitrogens with one attached hydrogen (secondary N) is 1. The first kappa shape index (κ1) is 17.3. The smallest absolute Gasteiger partial charge is 0.153 e. The van der Waals surface area contributed by atoms with Crippen LogP contribution in [0.3, 0.4) is 0 Å². The SMILES string of the molecule is Cc1c(C(C)NCC(C)(O)c2cnn(C)c2)cnn1-c1ccccn1. The van der Waals surface area contributed by atoms with E-state index in [1.54, 1.807) is 24.0 Å². The minimum atomic E-state index is -0.993. The number of aryl methyl sites for hydroxylation is 1. The Bertz CT molecular complexity index is 836. The molecule has 0 spiro atoms. The molecule has 0 radical (unpaired) electrons. The Hall–Kier alpha value is -2.51. The average Bonchev–Trinajstić information content (AvgIpc) is 3.20. The molecule has 2 atom stereocenters. The number of aliphatic hydroxyl groups is 1. The van der Waals surface area contributed by atoms with Gasteiger partial charge < -0.3 is 10.4 Å². The summed E-state index contributed by atoms with van der Waals surface area (Å²) in [6.07, 6.45) is 7.12. The summed E-state index contributed by atoms with van der Waals surface area (Å²) in [5.74, 6) is 0.792. The third kappa shape index (κ3) is 3.62. The van der Waals surface area contributed by atoms with Crippen molar-refractivity contribution in [2.75, 3.05) is 6.54 Å². The van der Waals surface area contributed by atoms with Crippen LogP contribution in [-0.2, 0) is 12.6 Å². The van der Waals surface area contributed by atoms with Gasteiger partial charge in [-0.2, -0.15) is 10.2 Å². The molecule has 0 saturated heterocycles. The second-order valence-electron chi connectivity index (χ2n) is 6.56. The van der Waals surface area contributed by atoms with Crippen molar-refractivity contribution in [1.29, 1.82) is 0 Å². The molecule has 0 aliphatic carbocycles. The van der Waals surface area contributed by atoms with Crippen LogP contribution in [0, 0.1) is 6.92 Å². The molecule has 2 N–H and O–H groups in total. The van der Waals surface area contributed by atoms with E-state index in [1.807, 2.05) is 49.2 Å². The monoisotopic (exact) mass is 340 g/mol. The molecule has 3 aromatic rings. The van der Waals surface area contributed by atoms with Crippen LogP contribution in [0.1, 0.15) is 36.7 Å². The Labute approximate surface area is 147 Å². The lowest BCUT2D eigenvalue weighted by Crippen LogP contribution is -2.36. The zero-order valence-electron chi connectivity index (χ0n) is 15.0. The van der Waals surface area contributed by atoms with Gasteiger partial charge in [-0.15, -0.1) is 0 Å². The Balaban J connectivity index is 1.72. The van der Waals surface area contributed by atoms with E-state index in [9.17, 15) is 5.11 Å². The molecule has 0 amide bonds. The van der Waals surface area contributed by atoms with Gasteiger partial charge >= 0.3 is 0 Å². The number of nitrogens with zero attached hydrogens (tertiary/aromatic N) is 5. The van der Waals surface area contributed by atoms with Crippen LogP contribution in [0.25, 0.3) is 5.82 Å². The second kappa shape index (κ2) is 6.78. The van der Waals surface area contributed by atoms with Gasteiger partial charge in [0.25, 0.3) is 0 Å². The number of hydrogen-bond donors (Lipinski definition) is 2. The number of hydrogen-bond acceptors (Lipinski definition) is 5. The molecule has 0 aliphatic rings. The maximum absolute atomic E-state index is 10.7. The summed E-state index contributed by atoms with van der Waals surface area (Å²) in [5.41, 5.74) is 1.90. The zero-order chi connectivity index (χ0) is 18.0. The van der Waals surface area contributed by atoms with Crippen LogP contribution in [0.15, 0.2) is 43.0 Å². The highest BCUT2D eigenvalue weighted by Gasteiger charge is 2.26. The Morgan fingerprint density at radius 3 is 2.72 bits per heavy atom. The van der Waals surface area contributed by atoms with Crippen molar-refractivity contribution < 1.29 is 5.11 Å². The molecule has 3 rings (SSSR count). The summed E-state index contributed by atoms with van der Waals surface area (Å²) in [4.78, 5) is 4.34.